The molecule has 0 aromatic heterocycles. The summed E-state index contributed by atoms with van der Waals surface area (Å²) < 4.78 is 5.96. The van der Waals surface area contributed by atoms with Gasteiger partial charge in [0.15, 0.2) is 5.11 Å². The van der Waals surface area contributed by atoms with Gasteiger partial charge in [-0.3, -0.25) is 0 Å². The molecule has 0 bridgehead atoms. The average molecular weight is 352 g/mol. The molecule has 0 heterocycles. The van der Waals surface area contributed by atoms with Gasteiger partial charge in [-0.05, 0) is 59.7 Å². The van der Waals surface area contributed by atoms with E-state index >= 15 is 0 Å². The maximum atomic E-state index is 6.08. The van der Waals surface area contributed by atoms with E-state index in [9.17, 15) is 0 Å². The van der Waals surface area contributed by atoms with E-state index in [0.29, 0.717) is 16.7 Å². The summed E-state index contributed by atoms with van der Waals surface area (Å²) >= 11 is 14.8. The first-order valence-electron chi connectivity index (χ1n) is 5.46. The van der Waals surface area contributed by atoms with Crippen molar-refractivity contribution in [2.45, 2.75) is 19.9 Å². The van der Waals surface area contributed by atoms with Crippen molar-refractivity contribution in [3.8, 4) is 0 Å². The molecule has 1 aromatic carbocycles. The number of hydrogen-bond donors (Lipinski definition) is 2. The molecule has 6 heteroatoms. The minimum atomic E-state index is 0.148. The topological polar surface area (TPSA) is 33.3 Å². The van der Waals surface area contributed by atoms with E-state index < -0.39 is 0 Å². The van der Waals surface area contributed by atoms with E-state index in [0.717, 1.165) is 15.7 Å². The van der Waals surface area contributed by atoms with Crippen molar-refractivity contribution < 1.29 is 4.74 Å². The fourth-order valence-electron chi connectivity index (χ4n) is 1.42. The van der Waals surface area contributed by atoms with Gasteiger partial charge >= 0.3 is 0 Å². The predicted molar refractivity (Wildman–Crippen MR) is 84.6 cm³/mol. The zero-order valence-corrected chi connectivity index (χ0v) is 13.7. The van der Waals surface area contributed by atoms with Gasteiger partial charge in [0.25, 0.3) is 0 Å². The van der Waals surface area contributed by atoms with Crippen molar-refractivity contribution >= 4 is 50.5 Å². The van der Waals surface area contributed by atoms with E-state index in [1.54, 1.807) is 7.11 Å². The fourth-order valence-corrected chi connectivity index (χ4v) is 2.45. The van der Waals surface area contributed by atoms with Crippen LogP contribution in [0.15, 0.2) is 16.6 Å². The summed E-state index contributed by atoms with van der Waals surface area (Å²) in [6, 6.07) is 3.94. The Morgan fingerprint density at radius 3 is 2.83 bits per heavy atom. The Kier molecular flexibility index (Phi) is 6.35. The number of anilines is 1. The largest absolute Gasteiger partial charge is 0.383 e. The number of rotatable bonds is 4. The second-order valence-corrected chi connectivity index (χ2v) is 5.71. The number of nitrogens with one attached hydrogen (secondary N) is 2. The molecule has 3 nitrogen and oxygen atoms in total. The molecule has 0 fully saturated rings. The number of hydrogen-bond acceptors (Lipinski definition) is 2. The van der Waals surface area contributed by atoms with Crippen LogP contribution in [-0.4, -0.2) is 24.9 Å². The van der Waals surface area contributed by atoms with Crippen LogP contribution in [0.4, 0.5) is 5.69 Å². The van der Waals surface area contributed by atoms with Gasteiger partial charge in [-0.2, -0.15) is 0 Å². The van der Waals surface area contributed by atoms with Crippen LogP contribution in [0.5, 0.6) is 0 Å². The highest BCUT2D eigenvalue weighted by Gasteiger charge is 2.08. The van der Waals surface area contributed by atoms with Crippen LogP contribution in [0, 0.1) is 6.92 Å². The summed E-state index contributed by atoms with van der Waals surface area (Å²) in [6.45, 7) is 4.54. The quantitative estimate of drug-likeness (QED) is 0.810. The minimum absolute atomic E-state index is 0.148. The molecule has 18 heavy (non-hydrogen) atoms. The number of methoxy groups -OCH3 is 1. The van der Waals surface area contributed by atoms with Gasteiger partial charge in [-0.1, -0.05) is 11.6 Å². The molecule has 1 aromatic rings. The molecule has 100 valence electrons. The maximum absolute atomic E-state index is 6.08. The molecule has 2 N–H and O–H groups in total. The molecule has 1 unspecified atom stereocenters. The summed E-state index contributed by atoms with van der Waals surface area (Å²) in [6.07, 6.45) is 0. The highest BCUT2D eigenvalue weighted by atomic mass is 79.9. The van der Waals surface area contributed by atoms with Crippen molar-refractivity contribution in [3.05, 3.63) is 27.2 Å². The third kappa shape index (κ3) is 4.72. The number of ether oxygens (including phenoxy) is 1. The van der Waals surface area contributed by atoms with Crippen molar-refractivity contribution in [2.75, 3.05) is 19.0 Å². The molecular weight excluding hydrogens is 336 g/mol. The highest BCUT2D eigenvalue weighted by molar-refractivity contribution is 9.10. The summed E-state index contributed by atoms with van der Waals surface area (Å²) in [5.74, 6) is 0. The maximum Gasteiger partial charge on any atom is 0.171 e. The lowest BCUT2D eigenvalue weighted by Gasteiger charge is -2.17. The Bertz CT molecular complexity index is 442. The summed E-state index contributed by atoms with van der Waals surface area (Å²) in [5.41, 5.74) is 1.86. The van der Waals surface area contributed by atoms with Crippen molar-refractivity contribution in [1.29, 1.82) is 0 Å². The molecular formula is C12H16BrClN2OS. The molecule has 0 aliphatic carbocycles. The van der Waals surface area contributed by atoms with Gasteiger partial charge in [0.05, 0.1) is 12.3 Å². The lowest BCUT2D eigenvalue weighted by molar-refractivity contribution is 0.179. The second kappa shape index (κ2) is 7.28. The lowest BCUT2D eigenvalue weighted by atomic mass is 10.2. The van der Waals surface area contributed by atoms with Crippen LogP contribution in [0.1, 0.15) is 12.5 Å². The highest BCUT2D eigenvalue weighted by Crippen LogP contribution is 2.29. The molecule has 0 aliphatic heterocycles. The monoisotopic (exact) mass is 350 g/mol. The average Bonchev–Trinajstić information content (AvgIpc) is 2.26. The Labute approximate surface area is 126 Å². The Balaban J connectivity index is 2.67. The van der Waals surface area contributed by atoms with Gasteiger partial charge in [-0.25, -0.2) is 0 Å². The first-order valence-corrected chi connectivity index (χ1v) is 7.04. The standard InChI is InChI=1S/C12H16BrClN2OS/c1-7-4-9(13)11(5-10(7)14)16-12(18)15-8(2)6-17-3/h4-5,8H,6H2,1-3H3,(H2,15,16,18). The van der Waals surface area contributed by atoms with Gasteiger partial charge in [-0.15, -0.1) is 0 Å². The molecule has 1 atom stereocenters. The Morgan fingerprint density at radius 2 is 2.22 bits per heavy atom. The third-order valence-electron chi connectivity index (χ3n) is 2.29. The SMILES string of the molecule is COCC(C)NC(=S)Nc1cc(Cl)c(C)cc1Br. The normalized spacial score (nSPS) is 12.1. The molecule has 0 saturated carbocycles. The minimum Gasteiger partial charge on any atom is -0.383 e. The fraction of sp³-hybridized carbons (Fsp3) is 0.417. The van der Waals surface area contributed by atoms with Gasteiger partial charge < -0.3 is 15.4 Å². The second-order valence-electron chi connectivity index (χ2n) is 4.04. The summed E-state index contributed by atoms with van der Waals surface area (Å²) in [7, 11) is 1.66. The van der Waals surface area contributed by atoms with Crippen LogP contribution in [0.2, 0.25) is 5.02 Å². The van der Waals surface area contributed by atoms with E-state index in [1.165, 1.54) is 0 Å². The third-order valence-corrected chi connectivity index (χ3v) is 3.57. The Hall–Kier alpha value is -0.360. The molecule has 0 amide bonds. The van der Waals surface area contributed by atoms with E-state index in [1.807, 2.05) is 26.0 Å². The first kappa shape index (κ1) is 15.7. The first-order chi connectivity index (χ1) is 8.43. The predicted octanol–water partition coefficient (Wildman–Crippen LogP) is 3.73. The lowest BCUT2D eigenvalue weighted by Crippen LogP contribution is -2.38. The van der Waals surface area contributed by atoms with Gasteiger partial charge in [0.1, 0.15) is 0 Å². The van der Waals surface area contributed by atoms with Crippen molar-refractivity contribution in [1.82, 2.24) is 5.32 Å². The van der Waals surface area contributed by atoms with Gasteiger partial charge in [0.2, 0.25) is 0 Å². The Morgan fingerprint density at radius 1 is 1.56 bits per heavy atom. The van der Waals surface area contributed by atoms with Crippen LogP contribution >= 0.6 is 39.7 Å². The van der Waals surface area contributed by atoms with E-state index in [2.05, 4.69) is 26.6 Å². The van der Waals surface area contributed by atoms with Gasteiger partial charge in [0, 0.05) is 22.6 Å². The van der Waals surface area contributed by atoms with Crippen molar-refractivity contribution in [3.63, 3.8) is 0 Å². The molecule has 0 saturated heterocycles. The number of benzene rings is 1. The smallest absolute Gasteiger partial charge is 0.171 e. The number of aryl methyl sites for hydroxylation is 1. The summed E-state index contributed by atoms with van der Waals surface area (Å²) in [4.78, 5) is 0. The van der Waals surface area contributed by atoms with Crippen LogP contribution in [-0.2, 0) is 4.74 Å². The molecule has 0 aliphatic rings. The van der Waals surface area contributed by atoms with Crippen LogP contribution < -0.4 is 10.6 Å². The van der Waals surface area contributed by atoms with Crippen LogP contribution in [0.3, 0.4) is 0 Å². The number of thiocarbonyl (C=S) groups is 1. The van der Waals surface area contributed by atoms with Crippen molar-refractivity contribution in [2.24, 2.45) is 0 Å². The molecule has 1 rings (SSSR count). The summed E-state index contributed by atoms with van der Waals surface area (Å²) in [5, 5.41) is 7.47. The van der Waals surface area contributed by atoms with E-state index in [4.69, 9.17) is 28.6 Å². The zero-order chi connectivity index (χ0) is 13.7. The molecule has 0 radical (unpaired) electrons. The molecule has 0 spiro atoms. The zero-order valence-electron chi connectivity index (χ0n) is 10.5. The van der Waals surface area contributed by atoms with Crippen LogP contribution in [0.25, 0.3) is 0 Å². The number of halogens is 2. The van der Waals surface area contributed by atoms with E-state index in [-0.39, 0.29) is 6.04 Å².